The van der Waals surface area contributed by atoms with Gasteiger partial charge in [-0.15, -0.1) is 0 Å². The van der Waals surface area contributed by atoms with Gasteiger partial charge in [-0.05, 0) is 49.6 Å². The highest BCUT2D eigenvalue weighted by atomic mass is 19.1. The molecule has 112 valence electrons. The van der Waals surface area contributed by atoms with Gasteiger partial charge in [0.05, 0.1) is 6.61 Å². The summed E-state index contributed by atoms with van der Waals surface area (Å²) in [7, 11) is 0. The van der Waals surface area contributed by atoms with E-state index in [0.717, 1.165) is 12.1 Å². The predicted molar refractivity (Wildman–Crippen MR) is 71.3 cm³/mol. The third-order valence-corrected chi connectivity index (χ3v) is 3.12. The second-order valence-corrected chi connectivity index (χ2v) is 4.69. The van der Waals surface area contributed by atoms with E-state index in [1.165, 1.54) is 25.1 Å². The number of ether oxygens (including phenoxy) is 1. The molecule has 0 N–H and O–H groups in total. The lowest BCUT2D eigenvalue weighted by molar-refractivity contribution is 0.280. The molecule has 0 aliphatic rings. The lowest BCUT2D eigenvalue weighted by atomic mass is 10.1. The summed E-state index contributed by atoms with van der Waals surface area (Å²) in [5, 5.41) is 0. The van der Waals surface area contributed by atoms with E-state index in [-0.39, 0.29) is 12.2 Å². The summed E-state index contributed by atoms with van der Waals surface area (Å²) in [6, 6.07) is 5.95. The average molecular weight is 298 g/mol. The van der Waals surface area contributed by atoms with E-state index in [1.54, 1.807) is 0 Å². The normalized spacial score (nSPS) is 10.7. The van der Waals surface area contributed by atoms with Crippen LogP contribution in [-0.4, -0.2) is 6.61 Å². The Labute approximate surface area is 120 Å². The molecule has 0 aliphatic heterocycles. The maximum absolute atomic E-state index is 13.3. The smallest absolute Gasteiger partial charge is 0.190 e. The molecule has 0 saturated heterocycles. The van der Waals surface area contributed by atoms with Crippen LogP contribution in [0, 0.1) is 30.2 Å². The Morgan fingerprint density at radius 3 is 2.05 bits per heavy atom. The largest absolute Gasteiger partial charge is 0.488 e. The molecule has 0 aliphatic carbocycles. The van der Waals surface area contributed by atoms with Gasteiger partial charge < -0.3 is 4.74 Å². The Morgan fingerprint density at radius 2 is 1.48 bits per heavy atom. The molecular formula is C16H14F4O. The minimum absolute atomic E-state index is 0.0246. The molecule has 5 heteroatoms. The summed E-state index contributed by atoms with van der Waals surface area (Å²) < 4.78 is 58.3. The van der Waals surface area contributed by atoms with E-state index < -0.39 is 29.0 Å². The Kier molecular flexibility index (Phi) is 4.83. The van der Waals surface area contributed by atoms with E-state index in [4.69, 9.17) is 4.74 Å². The predicted octanol–water partition coefficient (Wildman–Crippen LogP) is 4.56. The molecule has 21 heavy (non-hydrogen) atoms. The van der Waals surface area contributed by atoms with Crippen LogP contribution in [-0.2, 0) is 6.42 Å². The third-order valence-electron chi connectivity index (χ3n) is 3.12. The third kappa shape index (κ3) is 3.74. The SMILES string of the molecule is Cc1c(F)cc(CCCOc2c(F)cccc2F)cc1F. The molecule has 0 saturated carbocycles. The highest BCUT2D eigenvalue weighted by Gasteiger charge is 2.10. The van der Waals surface area contributed by atoms with E-state index in [2.05, 4.69) is 0 Å². The quantitative estimate of drug-likeness (QED) is 0.580. The van der Waals surface area contributed by atoms with Gasteiger partial charge in [0, 0.05) is 5.56 Å². The van der Waals surface area contributed by atoms with Crippen molar-refractivity contribution in [1.29, 1.82) is 0 Å². The number of aryl methyl sites for hydroxylation is 1. The first-order chi connectivity index (χ1) is 9.99. The molecule has 1 nitrogen and oxygen atoms in total. The van der Waals surface area contributed by atoms with Crippen molar-refractivity contribution in [2.45, 2.75) is 19.8 Å². The fourth-order valence-electron chi connectivity index (χ4n) is 1.91. The zero-order valence-electron chi connectivity index (χ0n) is 11.4. The van der Waals surface area contributed by atoms with Crippen LogP contribution in [0.4, 0.5) is 17.6 Å². The molecule has 0 amide bonds. The minimum Gasteiger partial charge on any atom is -0.488 e. The van der Waals surface area contributed by atoms with E-state index >= 15 is 0 Å². The Bertz CT molecular complexity index is 597. The topological polar surface area (TPSA) is 9.23 Å². The second-order valence-electron chi connectivity index (χ2n) is 4.69. The molecule has 0 atom stereocenters. The number of rotatable bonds is 5. The van der Waals surface area contributed by atoms with Crippen molar-refractivity contribution in [3.8, 4) is 5.75 Å². The van der Waals surface area contributed by atoms with Crippen molar-refractivity contribution < 1.29 is 22.3 Å². The lowest BCUT2D eigenvalue weighted by Crippen LogP contribution is -2.03. The first-order valence-corrected chi connectivity index (χ1v) is 6.50. The van der Waals surface area contributed by atoms with Crippen LogP contribution < -0.4 is 4.74 Å². The van der Waals surface area contributed by atoms with Crippen LogP contribution >= 0.6 is 0 Å². The highest BCUT2D eigenvalue weighted by molar-refractivity contribution is 5.26. The number of hydrogen-bond acceptors (Lipinski definition) is 1. The van der Waals surface area contributed by atoms with E-state index in [1.807, 2.05) is 0 Å². The minimum atomic E-state index is -0.776. The Balaban J connectivity index is 1.91. The molecule has 0 aromatic heterocycles. The molecule has 2 rings (SSSR count). The first-order valence-electron chi connectivity index (χ1n) is 6.50. The summed E-state index contributed by atoms with van der Waals surface area (Å²) in [6.45, 7) is 1.41. The number of hydrogen-bond donors (Lipinski definition) is 0. The Morgan fingerprint density at radius 1 is 0.905 bits per heavy atom. The molecule has 0 radical (unpaired) electrons. The molecule has 0 unspecified atom stereocenters. The van der Waals surface area contributed by atoms with Crippen LogP contribution in [0.25, 0.3) is 0 Å². The zero-order valence-corrected chi connectivity index (χ0v) is 11.4. The molecule has 0 bridgehead atoms. The van der Waals surface area contributed by atoms with Gasteiger partial charge in [-0.3, -0.25) is 0 Å². The summed E-state index contributed by atoms with van der Waals surface area (Å²) in [4.78, 5) is 0. The van der Waals surface area contributed by atoms with E-state index in [9.17, 15) is 17.6 Å². The van der Waals surface area contributed by atoms with Crippen molar-refractivity contribution in [1.82, 2.24) is 0 Å². The maximum atomic E-state index is 13.3. The lowest BCUT2D eigenvalue weighted by Gasteiger charge is -2.08. The zero-order chi connectivity index (χ0) is 15.4. The van der Waals surface area contributed by atoms with Gasteiger partial charge in [-0.25, -0.2) is 17.6 Å². The monoisotopic (exact) mass is 298 g/mol. The van der Waals surface area contributed by atoms with Crippen LogP contribution in [0.1, 0.15) is 17.5 Å². The first kappa shape index (κ1) is 15.4. The molecule has 2 aromatic rings. The fourth-order valence-corrected chi connectivity index (χ4v) is 1.91. The van der Waals surface area contributed by atoms with Gasteiger partial charge in [0.2, 0.25) is 0 Å². The van der Waals surface area contributed by atoms with Crippen molar-refractivity contribution >= 4 is 0 Å². The fraction of sp³-hybridized carbons (Fsp3) is 0.250. The summed E-state index contributed by atoms with van der Waals surface area (Å²) >= 11 is 0. The van der Waals surface area contributed by atoms with Crippen molar-refractivity contribution in [2.75, 3.05) is 6.61 Å². The number of halogens is 4. The van der Waals surface area contributed by atoms with Gasteiger partial charge in [0.1, 0.15) is 11.6 Å². The standard InChI is InChI=1S/C16H14F4O/c1-10-14(19)8-11(9-15(10)20)4-3-7-21-16-12(17)5-2-6-13(16)18/h2,5-6,8-9H,3-4,7H2,1H3. The van der Waals surface area contributed by atoms with Gasteiger partial charge in [0.25, 0.3) is 0 Å². The Hall–Kier alpha value is -2.04. The summed E-state index contributed by atoms with van der Waals surface area (Å²) in [5.74, 6) is -3.19. The van der Waals surface area contributed by atoms with Crippen molar-refractivity contribution in [3.05, 3.63) is 64.7 Å². The molecule has 0 heterocycles. The van der Waals surface area contributed by atoms with Crippen LogP contribution in [0.3, 0.4) is 0 Å². The van der Waals surface area contributed by atoms with Crippen LogP contribution in [0.15, 0.2) is 30.3 Å². The number of para-hydroxylation sites is 1. The van der Waals surface area contributed by atoms with Crippen molar-refractivity contribution in [2.24, 2.45) is 0 Å². The van der Waals surface area contributed by atoms with E-state index in [0.29, 0.717) is 18.4 Å². The van der Waals surface area contributed by atoms with Gasteiger partial charge in [-0.1, -0.05) is 6.07 Å². The van der Waals surface area contributed by atoms with Crippen LogP contribution in [0.2, 0.25) is 0 Å². The molecule has 0 spiro atoms. The molecule has 2 aromatic carbocycles. The molecule has 0 fully saturated rings. The summed E-state index contributed by atoms with van der Waals surface area (Å²) in [6.07, 6.45) is 0.736. The number of benzene rings is 2. The summed E-state index contributed by atoms with van der Waals surface area (Å²) in [5.41, 5.74) is 0.455. The highest BCUT2D eigenvalue weighted by Crippen LogP contribution is 2.21. The second kappa shape index (κ2) is 6.61. The average Bonchev–Trinajstić information content (AvgIpc) is 2.43. The van der Waals surface area contributed by atoms with Gasteiger partial charge >= 0.3 is 0 Å². The van der Waals surface area contributed by atoms with Gasteiger partial charge in [0.15, 0.2) is 17.4 Å². The van der Waals surface area contributed by atoms with Crippen molar-refractivity contribution in [3.63, 3.8) is 0 Å². The maximum Gasteiger partial charge on any atom is 0.190 e. The van der Waals surface area contributed by atoms with Gasteiger partial charge in [-0.2, -0.15) is 0 Å². The van der Waals surface area contributed by atoms with Crippen LogP contribution in [0.5, 0.6) is 5.75 Å². The molecular weight excluding hydrogens is 284 g/mol.